The van der Waals surface area contributed by atoms with Crippen molar-refractivity contribution in [2.75, 3.05) is 13.1 Å². The van der Waals surface area contributed by atoms with Crippen LogP contribution in [-0.4, -0.2) is 38.9 Å². The highest BCUT2D eigenvalue weighted by atomic mass is 35.5. The van der Waals surface area contributed by atoms with Gasteiger partial charge < -0.3 is 14.4 Å². The van der Waals surface area contributed by atoms with E-state index in [1.165, 1.54) is 17.0 Å². The van der Waals surface area contributed by atoms with Gasteiger partial charge in [-0.2, -0.15) is 0 Å². The number of nitrogens with zero attached hydrogens (tertiary/aromatic N) is 1. The molecule has 1 amide bonds. The Labute approximate surface area is 227 Å². The summed E-state index contributed by atoms with van der Waals surface area (Å²) in [5.74, 6) is -1.34. The van der Waals surface area contributed by atoms with Crippen molar-refractivity contribution in [1.82, 2.24) is 9.62 Å². The lowest BCUT2D eigenvalue weighted by Gasteiger charge is -2.42. The highest BCUT2D eigenvalue weighted by Gasteiger charge is 2.42. The number of nitrogens with one attached hydrogen (secondary N) is 1. The smallest absolute Gasteiger partial charge is 0.445 e. The minimum Gasteiger partial charge on any atom is -0.445 e. The van der Waals surface area contributed by atoms with Gasteiger partial charge in [-0.3, -0.25) is 0 Å². The van der Waals surface area contributed by atoms with Gasteiger partial charge in [-0.05, 0) is 60.4 Å². The Morgan fingerprint density at radius 3 is 2.23 bits per heavy atom. The molecule has 1 N–H and O–H groups in total. The number of amides is 1. The highest BCUT2D eigenvalue weighted by Crippen LogP contribution is 2.36. The maximum Gasteiger partial charge on any atom is 0.573 e. The number of halogens is 5. The van der Waals surface area contributed by atoms with E-state index in [0.29, 0.717) is 0 Å². The predicted molar refractivity (Wildman–Crippen MR) is 134 cm³/mol. The van der Waals surface area contributed by atoms with Crippen LogP contribution in [0.5, 0.6) is 5.75 Å². The Bertz CT molecular complexity index is 1410. The molecular formula is C26H23ClF4N2O5S. The van der Waals surface area contributed by atoms with Crippen molar-refractivity contribution in [2.45, 2.75) is 36.2 Å². The van der Waals surface area contributed by atoms with E-state index in [9.17, 15) is 30.8 Å². The number of hydrogen-bond acceptors (Lipinski definition) is 5. The summed E-state index contributed by atoms with van der Waals surface area (Å²) in [5, 5.41) is -0.154. The second-order valence-corrected chi connectivity index (χ2v) is 11.0. The van der Waals surface area contributed by atoms with Gasteiger partial charge in [0.15, 0.2) is 0 Å². The number of hydrogen-bond donors (Lipinski definition) is 1. The fraction of sp³-hybridized carbons (Fsp3) is 0.269. The molecule has 1 heterocycles. The first-order chi connectivity index (χ1) is 18.4. The van der Waals surface area contributed by atoms with E-state index < -0.39 is 39.6 Å². The molecule has 208 valence electrons. The Balaban J connectivity index is 1.54. The topological polar surface area (TPSA) is 84.9 Å². The van der Waals surface area contributed by atoms with E-state index >= 15 is 0 Å². The third kappa shape index (κ3) is 7.20. The number of benzene rings is 3. The van der Waals surface area contributed by atoms with Crippen LogP contribution in [0.1, 0.15) is 24.0 Å². The molecule has 3 aromatic rings. The SMILES string of the molecule is O=C(OCc1ccccc1)N1CCC(NS(=O)(=O)c2ccc(OC(F)(F)F)cc2)(c2ccc(Cl)c(F)c2)CC1. The van der Waals surface area contributed by atoms with Crippen molar-refractivity contribution in [3.05, 3.63) is 94.8 Å². The van der Waals surface area contributed by atoms with Crippen molar-refractivity contribution in [1.29, 1.82) is 0 Å². The number of rotatable bonds is 7. The van der Waals surface area contributed by atoms with Crippen molar-refractivity contribution in [2.24, 2.45) is 0 Å². The minimum absolute atomic E-state index is 0.0585. The fourth-order valence-electron chi connectivity index (χ4n) is 4.26. The molecule has 0 saturated carbocycles. The normalized spacial score (nSPS) is 15.6. The van der Waals surface area contributed by atoms with E-state index in [4.69, 9.17) is 16.3 Å². The molecule has 39 heavy (non-hydrogen) atoms. The van der Waals surface area contributed by atoms with Gasteiger partial charge in [0, 0.05) is 13.1 Å². The van der Waals surface area contributed by atoms with E-state index in [-0.39, 0.29) is 48.0 Å². The largest absolute Gasteiger partial charge is 0.573 e. The molecule has 0 radical (unpaired) electrons. The molecule has 1 aliphatic rings. The summed E-state index contributed by atoms with van der Waals surface area (Å²) in [5.41, 5.74) is -0.266. The summed E-state index contributed by atoms with van der Waals surface area (Å²) in [4.78, 5) is 13.7. The van der Waals surface area contributed by atoms with Gasteiger partial charge in [-0.25, -0.2) is 22.3 Å². The Hall–Kier alpha value is -3.35. The standard InChI is InChI=1S/C26H23ClF4N2O5S/c27-22-11-6-19(16-23(22)28)25(32-39(35,36)21-9-7-20(8-10-21)38-26(29,30)31)12-14-33(15-13-25)24(34)37-17-18-4-2-1-3-5-18/h1-11,16,32H,12-15,17H2. The molecule has 0 atom stereocenters. The summed E-state index contributed by atoms with van der Waals surface area (Å²) in [6.07, 6.45) is -5.40. The number of carbonyl (C=O) groups excluding carboxylic acids is 1. The van der Waals surface area contributed by atoms with Gasteiger partial charge >= 0.3 is 12.5 Å². The Kier molecular flexibility index (Phi) is 8.38. The molecule has 3 aromatic carbocycles. The average Bonchev–Trinajstić information content (AvgIpc) is 2.89. The fourth-order valence-corrected chi connectivity index (χ4v) is 5.83. The van der Waals surface area contributed by atoms with E-state index in [1.807, 2.05) is 18.2 Å². The first-order valence-electron chi connectivity index (χ1n) is 11.7. The molecule has 1 aliphatic heterocycles. The minimum atomic E-state index is -4.93. The summed E-state index contributed by atoms with van der Waals surface area (Å²) < 4.78 is 90.2. The van der Waals surface area contributed by atoms with Crippen LogP contribution in [0.2, 0.25) is 5.02 Å². The van der Waals surface area contributed by atoms with Crippen LogP contribution in [0.4, 0.5) is 22.4 Å². The van der Waals surface area contributed by atoms with Crippen LogP contribution in [0, 0.1) is 5.82 Å². The number of piperidine rings is 1. The van der Waals surface area contributed by atoms with Gasteiger partial charge in [0.1, 0.15) is 18.2 Å². The summed E-state index contributed by atoms with van der Waals surface area (Å²) in [6, 6.07) is 16.7. The monoisotopic (exact) mass is 586 g/mol. The zero-order valence-electron chi connectivity index (χ0n) is 20.3. The lowest BCUT2D eigenvalue weighted by Crippen LogP contribution is -2.54. The third-order valence-electron chi connectivity index (χ3n) is 6.25. The van der Waals surface area contributed by atoms with E-state index in [0.717, 1.165) is 35.9 Å². The van der Waals surface area contributed by atoms with Gasteiger partial charge in [-0.15, -0.1) is 13.2 Å². The Morgan fingerprint density at radius 1 is 1.00 bits per heavy atom. The third-order valence-corrected chi connectivity index (χ3v) is 8.11. The number of ether oxygens (including phenoxy) is 2. The van der Waals surface area contributed by atoms with Gasteiger partial charge in [0.2, 0.25) is 10.0 Å². The maximum absolute atomic E-state index is 14.4. The van der Waals surface area contributed by atoms with Crippen LogP contribution < -0.4 is 9.46 Å². The zero-order chi connectivity index (χ0) is 28.3. The van der Waals surface area contributed by atoms with Crippen molar-refractivity contribution in [3.8, 4) is 5.75 Å². The van der Waals surface area contributed by atoms with Crippen molar-refractivity contribution in [3.63, 3.8) is 0 Å². The molecular weight excluding hydrogens is 564 g/mol. The van der Waals surface area contributed by atoms with Crippen LogP contribution in [0.15, 0.2) is 77.7 Å². The number of sulfonamides is 1. The molecule has 13 heteroatoms. The zero-order valence-corrected chi connectivity index (χ0v) is 21.8. The summed E-state index contributed by atoms with van der Waals surface area (Å²) >= 11 is 5.83. The lowest BCUT2D eigenvalue weighted by molar-refractivity contribution is -0.274. The van der Waals surface area contributed by atoms with Crippen LogP contribution in [-0.2, 0) is 26.9 Å². The number of alkyl halides is 3. The molecule has 0 aromatic heterocycles. The van der Waals surface area contributed by atoms with Crippen LogP contribution >= 0.6 is 11.6 Å². The maximum atomic E-state index is 14.4. The molecule has 7 nitrogen and oxygen atoms in total. The van der Waals surface area contributed by atoms with Crippen molar-refractivity contribution < 1.29 is 40.2 Å². The summed E-state index contributed by atoms with van der Waals surface area (Å²) in [6.45, 7) is 0.224. The lowest BCUT2D eigenvalue weighted by atomic mass is 9.82. The van der Waals surface area contributed by atoms with Gasteiger partial charge in [0.05, 0.1) is 15.5 Å². The molecule has 4 rings (SSSR count). The van der Waals surface area contributed by atoms with E-state index in [2.05, 4.69) is 9.46 Å². The van der Waals surface area contributed by atoms with Crippen LogP contribution in [0.3, 0.4) is 0 Å². The Morgan fingerprint density at radius 2 is 1.64 bits per heavy atom. The second kappa shape index (κ2) is 11.4. The number of likely N-dealkylation sites (tertiary alicyclic amines) is 1. The van der Waals surface area contributed by atoms with Crippen molar-refractivity contribution >= 4 is 27.7 Å². The number of carbonyl (C=O) groups is 1. The van der Waals surface area contributed by atoms with Gasteiger partial charge in [0.25, 0.3) is 0 Å². The molecule has 0 bridgehead atoms. The highest BCUT2D eigenvalue weighted by molar-refractivity contribution is 7.89. The molecule has 0 unspecified atom stereocenters. The summed E-state index contributed by atoms with van der Waals surface area (Å²) in [7, 11) is -4.31. The van der Waals surface area contributed by atoms with E-state index in [1.54, 1.807) is 12.1 Å². The molecule has 1 saturated heterocycles. The molecule has 0 spiro atoms. The first-order valence-corrected chi connectivity index (χ1v) is 13.5. The predicted octanol–water partition coefficient (Wildman–Crippen LogP) is 5.98. The molecule has 0 aliphatic carbocycles. The first kappa shape index (κ1) is 28.7. The van der Waals surface area contributed by atoms with Gasteiger partial charge in [-0.1, -0.05) is 48.0 Å². The van der Waals surface area contributed by atoms with Crippen LogP contribution in [0.25, 0.3) is 0 Å². The molecule has 1 fully saturated rings. The quantitative estimate of drug-likeness (QED) is 0.344. The second-order valence-electron chi connectivity index (χ2n) is 8.86. The average molecular weight is 587 g/mol.